The van der Waals surface area contributed by atoms with Gasteiger partial charge in [0.25, 0.3) is 0 Å². The van der Waals surface area contributed by atoms with Crippen molar-refractivity contribution in [3.05, 3.63) is 41.1 Å². The van der Waals surface area contributed by atoms with Crippen molar-refractivity contribution >= 4 is 17.0 Å². The summed E-state index contributed by atoms with van der Waals surface area (Å²) in [6.07, 6.45) is 5.08. The Hall–Kier alpha value is -1.54. The van der Waals surface area contributed by atoms with Gasteiger partial charge in [0, 0.05) is 16.6 Å². The standard InChI is InChI=1S/C18H21NO/c1-11-4-6-16-15(8-11)18-13(3)12(2)5-7-17(18)19(16)9-14-10-20-14/h4-8,12-14H,9-10H2,1-3H3. The molecule has 0 spiro atoms. The molecule has 2 heterocycles. The molecule has 1 aliphatic heterocycles. The van der Waals surface area contributed by atoms with Gasteiger partial charge in [-0.3, -0.25) is 0 Å². The molecule has 2 nitrogen and oxygen atoms in total. The Morgan fingerprint density at radius 1 is 1.30 bits per heavy atom. The second-order valence-electron chi connectivity index (χ2n) is 6.39. The maximum Gasteiger partial charge on any atom is 0.0988 e. The Labute approximate surface area is 120 Å². The third kappa shape index (κ3) is 1.75. The number of aromatic nitrogens is 1. The molecule has 1 saturated heterocycles. The van der Waals surface area contributed by atoms with E-state index in [1.54, 1.807) is 0 Å². The van der Waals surface area contributed by atoms with Gasteiger partial charge in [-0.2, -0.15) is 0 Å². The molecule has 104 valence electrons. The van der Waals surface area contributed by atoms with Crippen molar-refractivity contribution in [1.82, 2.24) is 4.57 Å². The minimum Gasteiger partial charge on any atom is -0.371 e. The number of hydrogen-bond acceptors (Lipinski definition) is 1. The molecule has 4 rings (SSSR count). The molecular weight excluding hydrogens is 246 g/mol. The predicted molar refractivity (Wildman–Crippen MR) is 83.0 cm³/mol. The van der Waals surface area contributed by atoms with Crippen LogP contribution < -0.4 is 0 Å². The average molecular weight is 267 g/mol. The Bertz CT molecular complexity index is 706. The van der Waals surface area contributed by atoms with E-state index in [4.69, 9.17) is 4.74 Å². The lowest BCUT2D eigenvalue weighted by molar-refractivity contribution is 0.384. The van der Waals surface area contributed by atoms with Gasteiger partial charge in [-0.15, -0.1) is 0 Å². The first-order valence-electron chi connectivity index (χ1n) is 7.57. The Morgan fingerprint density at radius 2 is 2.10 bits per heavy atom. The van der Waals surface area contributed by atoms with Crippen LogP contribution in [0, 0.1) is 12.8 Å². The Balaban J connectivity index is 2.00. The summed E-state index contributed by atoms with van der Waals surface area (Å²) in [7, 11) is 0. The normalized spacial score (nSPS) is 27.9. The monoisotopic (exact) mass is 267 g/mol. The van der Waals surface area contributed by atoms with Gasteiger partial charge in [0.1, 0.15) is 0 Å². The number of allylic oxidation sites excluding steroid dienone is 1. The van der Waals surface area contributed by atoms with E-state index in [0.29, 0.717) is 17.9 Å². The predicted octanol–water partition coefficient (Wildman–Crippen LogP) is 4.11. The van der Waals surface area contributed by atoms with E-state index in [9.17, 15) is 0 Å². The summed E-state index contributed by atoms with van der Waals surface area (Å²) >= 11 is 0. The Kier molecular flexibility index (Phi) is 2.58. The number of hydrogen-bond donors (Lipinski definition) is 0. The zero-order valence-electron chi connectivity index (χ0n) is 12.4. The second kappa shape index (κ2) is 4.23. The van der Waals surface area contributed by atoms with Gasteiger partial charge in [0.05, 0.1) is 19.3 Å². The zero-order chi connectivity index (χ0) is 13.9. The van der Waals surface area contributed by atoms with Gasteiger partial charge in [0.15, 0.2) is 0 Å². The van der Waals surface area contributed by atoms with Gasteiger partial charge in [0.2, 0.25) is 0 Å². The molecule has 0 radical (unpaired) electrons. The first kappa shape index (κ1) is 12.2. The zero-order valence-corrected chi connectivity index (χ0v) is 12.4. The van der Waals surface area contributed by atoms with Crippen molar-refractivity contribution in [3.8, 4) is 0 Å². The molecule has 0 bridgehead atoms. The van der Waals surface area contributed by atoms with Crippen LogP contribution in [0.2, 0.25) is 0 Å². The van der Waals surface area contributed by atoms with E-state index < -0.39 is 0 Å². The molecule has 2 aliphatic rings. The fourth-order valence-corrected chi connectivity index (χ4v) is 3.42. The van der Waals surface area contributed by atoms with E-state index in [1.165, 1.54) is 27.7 Å². The molecule has 1 aromatic heterocycles. The topological polar surface area (TPSA) is 17.5 Å². The third-order valence-electron chi connectivity index (χ3n) is 4.89. The summed E-state index contributed by atoms with van der Waals surface area (Å²) in [5, 5.41) is 1.43. The Morgan fingerprint density at radius 3 is 2.85 bits per heavy atom. The SMILES string of the molecule is Cc1ccc2c(c1)c1c(n2CC2CO2)C=CC(C)C1C. The molecule has 0 N–H and O–H groups in total. The summed E-state index contributed by atoms with van der Waals surface area (Å²) in [5.41, 5.74) is 5.63. The molecule has 3 atom stereocenters. The van der Waals surface area contributed by atoms with Crippen molar-refractivity contribution in [1.29, 1.82) is 0 Å². The maximum absolute atomic E-state index is 5.45. The maximum atomic E-state index is 5.45. The fourth-order valence-electron chi connectivity index (χ4n) is 3.42. The number of nitrogens with zero attached hydrogens (tertiary/aromatic N) is 1. The van der Waals surface area contributed by atoms with Crippen LogP contribution >= 0.6 is 0 Å². The van der Waals surface area contributed by atoms with Crippen molar-refractivity contribution in [2.75, 3.05) is 6.61 Å². The molecule has 3 unspecified atom stereocenters. The number of fused-ring (bicyclic) bond motifs is 3. The average Bonchev–Trinajstić information content (AvgIpc) is 3.18. The van der Waals surface area contributed by atoms with Gasteiger partial charge in [-0.1, -0.05) is 31.6 Å². The van der Waals surface area contributed by atoms with Gasteiger partial charge in [-0.25, -0.2) is 0 Å². The molecule has 2 aromatic rings. The number of epoxide rings is 1. The van der Waals surface area contributed by atoms with Crippen molar-refractivity contribution in [2.45, 2.75) is 39.3 Å². The van der Waals surface area contributed by atoms with Crippen LogP contribution in [0.5, 0.6) is 0 Å². The van der Waals surface area contributed by atoms with Crippen molar-refractivity contribution < 1.29 is 4.74 Å². The molecule has 0 amide bonds. The van der Waals surface area contributed by atoms with E-state index in [1.807, 2.05) is 0 Å². The van der Waals surface area contributed by atoms with Crippen LogP contribution in [0.4, 0.5) is 0 Å². The van der Waals surface area contributed by atoms with Crippen molar-refractivity contribution in [3.63, 3.8) is 0 Å². The number of benzene rings is 1. The summed E-state index contributed by atoms with van der Waals surface area (Å²) in [4.78, 5) is 0. The third-order valence-corrected chi connectivity index (χ3v) is 4.89. The lowest BCUT2D eigenvalue weighted by Crippen LogP contribution is -2.12. The first-order valence-corrected chi connectivity index (χ1v) is 7.57. The van der Waals surface area contributed by atoms with Gasteiger partial charge < -0.3 is 9.30 Å². The van der Waals surface area contributed by atoms with Crippen LogP contribution in [0.25, 0.3) is 17.0 Å². The lowest BCUT2D eigenvalue weighted by Gasteiger charge is -2.22. The van der Waals surface area contributed by atoms with Crippen LogP contribution in [-0.2, 0) is 11.3 Å². The number of rotatable bonds is 2. The fraction of sp³-hybridized carbons (Fsp3) is 0.444. The molecule has 20 heavy (non-hydrogen) atoms. The van der Waals surface area contributed by atoms with E-state index in [2.05, 4.69) is 55.7 Å². The van der Waals surface area contributed by atoms with E-state index in [0.717, 1.165) is 13.2 Å². The largest absolute Gasteiger partial charge is 0.371 e. The molecule has 1 fully saturated rings. The summed E-state index contributed by atoms with van der Waals surface area (Å²) in [6.45, 7) is 8.75. The molecule has 2 heteroatoms. The van der Waals surface area contributed by atoms with Crippen LogP contribution in [0.3, 0.4) is 0 Å². The van der Waals surface area contributed by atoms with Crippen LogP contribution in [0.1, 0.15) is 36.6 Å². The summed E-state index contributed by atoms with van der Waals surface area (Å²) in [5.74, 6) is 1.19. The quantitative estimate of drug-likeness (QED) is 0.748. The van der Waals surface area contributed by atoms with Gasteiger partial charge >= 0.3 is 0 Å². The minimum atomic E-state index is 0.416. The molecule has 0 saturated carbocycles. The highest BCUT2D eigenvalue weighted by Crippen LogP contribution is 2.41. The number of aryl methyl sites for hydroxylation is 1. The van der Waals surface area contributed by atoms with Crippen molar-refractivity contribution in [2.24, 2.45) is 5.92 Å². The highest BCUT2D eigenvalue weighted by Gasteiger charge is 2.29. The molecule has 1 aromatic carbocycles. The lowest BCUT2D eigenvalue weighted by atomic mass is 9.83. The second-order valence-corrected chi connectivity index (χ2v) is 6.39. The van der Waals surface area contributed by atoms with E-state index >= 15 is 0 Å². The minimum absolute atomic E-state index is 0.416. The van der Waals surface area contributed by atoms with E-state index in [-0.39, 0.29) is 0 Å². The van der Waals surface area contributed by atoms with Gasteiger partial charge in [-0.05, 0) is 42.5 Å². The first-order chi connectivity index (χ1) is 9.65. The molecule has 1 aliphatic carbocycles. The summed E-state index contributed by atoms with van der Waals surface area (Å²) in [6, 6.07) is 6.84. The van der Waals surface area contributed by atoms with Crippen LogP contribution in [0.15, 0.2) is 24.3 Å². The van der Waals surface area contributed by atoms with Crippen LogP contribution in [-0.4, -0.2) is 17.3 Å². The summed E-state index contributed by atoms with van der Waals surface area (Å²) < 4.78 is 7.91. The highest BCUT2D eigenvalue weighted by molar-refractivity contribution is 5.90. The molecular formula is C18H21NO. The number of ether oxygens (including phenoxy) is 1. The smallest absolute Gasteiger partial charge is 0.0988 e. The highest BCUT2D eigenvalue weighted by atomic mass is 16.6.